The number of amides is 2. The first-order valence-corrected chi connectivity index (χ1v) is 5.08. The van der Waals surface area contributed by atoms with Crippen molar-refractivity contribution < 1.29 is 9.59 Å². The number of carbonyl (C=O) groups excluding carboxylic acids is 2. The van der Waals surface area contributed by atoms with Crippen LogP contribution in [0, 0.1) is 0 Å². The van der Waals surface area contributed by atoms with Gasteiger partial charge in [-0.05, 0) is 12.1 Å². The highest BCUT2D eigenvalue weighted by molar-refractivity contribution is 5.91. The van der Waals surface area contributed by atoms with Crippen LogP contribution in [-0.2, 0) is 4.79 Å². The Bertz CT molecular complexity index is 402. The van der Waals surface area contributed by atoms with E-state index in [1.165, 1.54) is 4.90 Å². The molecule has 2 amide bonds. The van der Waals surface area contributed by atoms with E-state index in [0.717, 1.165) is 0 Å². The van der Waals surface area contributed by atoms with Gasteiger partial charge in [-0.2, -0.15) is 0 Å². The lowest BCUT2D eigenvalue weighted by Gasteiger charge is -2.09. The van der Waals surface area contributed by atoms with Gasteiger partial charge in [0, 0.05) is 27.1 Å². The Hall–Kier alpha value is -2.18. The third-order valence-corrected chi connectivity index (χ3v) is 1.97. The van der Waals surface area contributed by atoms with E-state index in [-0.39, 0.29) is 23.9 Å². The van der Waals surface area contributed by atoms with Gasteiger partial charge < -0.3 is 16.0 Å². The number of nitrogens with zero attached hydrogens (tertiary/aromatic N) is 3. The molecule has 7 heteroatoms. The van der Waals surface area contributed by atoms with E-state index < -0.39 is 0 Å². The molecule has 0 atom stereocenters. The van der Waals surface area contributed by atoms with Crippen molar-refractivity contribution in [1.82, 2.24) is 15.1 Å². The van der Waals surface area contributed by atoms with E-state index in [0.29, 0.717) is 12.4 Å². The molecule has 0 aliphatic carbocycles. The Labute approximate surface area is 99.0 Å². The van der Waals surface area contributed by atoms with Gasteiger partial charge in [0.1, 0.15) is 5.82 Å². The van der Waals surface area contributed by atoms with Gasteiger partial charge in [0.05, 0.1) is 0 Å². The summed E-state index contributed by atoms with van der Waals surface area (Å²) in [7, 11) is 3.28. The second-order valence-electron chi connectivity index (χ2n) is 3.65. The fourth-order valence-corrected chi connectivity index (χ4v) is 1.08. The molecule has 0 spiro atoms. The van der Waals surface area contributed by atoms with Crippen LogP contribution in [0.1, 0.15) is 16.9 Å². The minimum Gasteiger partial charge on any atom is -0.370 e. The highest BCUT2D eigenvalue weighted by atomic mass is 16.2. The van der Waals surface area contributed by atoms with E-state index in [1.807, 2.05) is 0 Å². The summed E-state index contributed by atoms with van der Waals surface area (Å²) in [6.07, 6.45) is 0.222. The van der Waals surface area contributed by atoms with Gasteiger partial charge in [-0.3, -0.25) is 9.59 Å². The first-order chi connectivity index (χ1) is 8.00. The Morgan fingerprint density at radius 3 is 2.53 bits per heavy atom. The summed E-state index contributed by atoms with van der Waals surface area (Å²) in [4.78, 5) is 23.4. The number of anilines is 1. The van der Waals surface area contributed by atoms with Gasteiger partial charge in [-0.25, -0.2) is 0 Å². The van der Waals surface area contributed by atoms with Crippen molar-refractivity contribution in [3.05, 3.63) is 17.8 Å². The lowest BCUT2D eigenvalue weighted by atomic mass is 10.3. The molecule has 1 heterocycles. The predicted octanol–water partition coefficient (Wildman–Crippen LogP) is -0.534. The van der Waals surface area contributed by atoms with Crippen LogP contribution in [0.3, 0.4) is 0 Å². The number of hydrogen-bond acceptors (Lipinski definition) is 5. The molecule has 0 aromatic carbocycles. The molecule has 3 N–H and O–H groups in total. The van der Waals surface area contributed by atoms with Crippen LogP contribution in [0.4, 0.5) is 5.82 Å². The molecule has 0 aliphatic heterocycles. The number of nitrogens with one attached hydrogen (secondary N) is 1. The Morgan fingerprint density at radius 1 is 1.35 bits per heavy atom. The van der Waals surface area contributed by atoms with Crippen molar-refractivity contribution in [2.45, 2.75) is 6.42 Å². The molecule has 0 radical (unpaired) electrons. The van der Waals surface area contributed by atoms with Crippen LogP contribution in [0.15, 0.2) is 12.1 Å². The number of rotatable bonds is 5. The minimum absolute atomic E-state index is 0.207. The van der Waals surface area contributed by atoms with Crippen molar-refractivity contribution in [3.8, 4) is 0 Å². The number of nitrogens with two attached hydrogens (primary N) is 1. The Morgan fingerprint density at radius 2 is 2.06 bits per heavy atom. The highest BCUT2D eigenvalue weighted by Gasteiger charge is 2.09. The minimum atomic E-state index is -0.384. The maximum absolute atomic E-state index is 11.5. The zero-order chi connectivity index (χ0) is 12.8. The zero-order valence-corrected chi connectivity index (χ0v) is 9.80. The molecule has 0 saturated heterocycles. The average molecular weight is 237 g/mol. The molecule has 92 valence electrons. The molecular formula is C10H15N5O2. The van der Waals surface area contributed by atoms with Crippen molar-refractivity contribution in [2.24, 2.45) is 5.73 Å². The molecule has 1 aromatic heterocycles. The monoisotopic (exact) mass is 237 g/mol. The van der Waals surface area contributed by atoms with E-state index in [9.17, 15) is 9.59 Å². The number of carbonyl (C=O) groups is 2. The normalized spacial score (nSPS) is 9.76. The largest absolute Gasteiger partial charge is 0.370 e. The summed E-state index contributed by atoms with van der Waals surface area (Å²) in [6.45, 7) is 0.394. The molecule has 0 aliphatic rings. The van der Waals surface area contributed by atoms with E-state index >= 15 is 0 Å². The summed E-state index contributed by atoms with van der Waals surface area (Å²) in [6, 6.07) is 3.20. The third-order valence-electron chi connectivity index (χ3n) is 1.97. The van der Waals surface area contributed by atoms with Crippen LogP contribution in [0.5, 0.6) is 0 Å². The van der Waals surface area contributed by atoms with Crippen molar-refractivity contribution in [3.63, 3.8) is 0 Å². The van der Waals surface area contributed by atoms with Crippen LogP contribution >= 0.6 is 0 Å². The first-order valence-electron chi connectivity index (χ1n) is 5.08. The molecule has 1 rings (SSSR count). The molecule has 7 nitrogen and oxygen atoms in total. The maximum atomic E-state index is 11.5. The smallest absolute Gasteiger partial charge is 0.273 e. The summed E-state index contributed by atoms with van der Waals surface area (Å²) >= 11 is 0. The molecule has 1 aromatic rings. The molecule has 0 saturated carbocycles. The fraction of sp³-hybridized carbons (Fsp3) is 0.400. The number of primary amides is 1. The van der Waals surface area contributed by atoms with Gasteiger partial charge in [-0.1, -0.05) is 0 Å². The summed E-state index contributed by atoms with van der Waals surface area (Å²) in [5, 5.41) is 10.5. The quantitative estimate of drug-likeness (QED) is 0.716. The van der Waals surface area contributed by atoms with Gasteiger partial charge in [0.2, 0.25) is 5.91 Å². The van der Waals surface area contributed by atoms with Gasteiger partial charge >= 0.3 is 0 Å². The second kappa shape index (κ2) is 5.78. The summed E-state index contributed by atoms with van der Waals surface area (Å²) in [5.74, 6) is -0.0902. The standard InChI is InChI=1S/C10H15N5O2/c1-15(2)10(17)7-3-4-9(14-13-7)12-6-5-8(11)16/h3-4H,5-6H2,1-2H3,(H2,11,16)(H,12,14). The molecule has 0 fully saturated rings. The lowest BCUT2D eigenvalue weighted by molar-refractivity contribution is -0.117. The van der Waals surface area contributed by atoms with Gasteiger partial charge in [0.15, 0.2) is 5.69 Å². The van der Waals surface area contributed by atoms with E-state index in [4.69, 9.17) is 5.73 Å². The number of hydrogen-bond donors (Lipinski definition) is 2. The Kier molecular flexibility index (Phi) is 4.38. The first kappa shape index (κ1) is 12.9. The fourth-order valence-electron chi connectivity index (χ4n) is 1.08. The zero-order valence-electron chi connectivity index (χ0n) is 9.80. The van der Waals surface area contributed by atoms with Crippen LogP contribution in [0.2, 0.25) is 0 Å². The maximum Gasteiger partial charge on any atom is 0.273 e. The third kappa shape index (κ3) is 4.06. The topological polar surface area (TPSA) is 101 Å². The average Bonchev–Trinajstić information content (AvgIpc) is 2.28. The van der Waals surface area contributed by atoms with Crippen LogP contribution in [-0.4, -0.2) is 47.6 Å². The lowest BCUT2D eigenvalue weighted by Crippen LogP contribution is -2.23. The summed E-state index contributed by atoms with van der Waals surface area (Å²) < 4.78 is 0. The van der Waals surface area contributed by atoms with Crippen molar-refractivity contribution >= 4 is 17.6 Å². The van der Waals surface area contributed by atoms with Gasteiger partial charge in [-0.15, -0.1) is 10.2 Å². The predicted molar refractivity (Wildman–Crippen MR) is 62.4 cm³/mol. The molecule has 0 unspecified atom stereocenters. The second-order valence-corrected chi connectivity index (χ2v) is 3.65. The van der Waals surface area contributed by atoms with Gasteiger partial charge in [0.25, 0.3) is 5.91 Å². The van der Waals surface area contributed by atoms with Crippen molar-refractivity contribution in [2.75, 3.05) is 26.0 Å². The van der Waals surface area contributed by atoms with E-state index in [1.54, 1.807) is 26.2 Å². The highest BCUT2D eigenvalue weighted by Crippen LogP contribution is 2.03. The van der Waals surface area contributed by atoms with Crippen LogP contribution < -0.4 is 11.1 Å². The number of aromatic nitrogens is 2. The summed E-state index contributed by atoms with van der Waals surface area (Å²) in [5.41, 5.74) is 5.26. The van der Waals surface area contributed by atoms with Crippen LogP contribution in [0.25, 0.3) is 0 Å². The molecular weight excluding hydrogens is 222 g/mol. The molecule has 17 heavy (non-hydrogen) atoms. The van der Waals surface area contributed by atoms with Crippen molar-refractivity contribution in [1.29, 1.82) is 0 Å². The SMILES string of the molecule is CN(C)C(=O)c1ccc(NCCC(N)=O)nn1. The Balaban J connectivity index is 2.56. The molecule has 0 bridgehead atoms. The van der Waals surface area contributed by atoms with E-state index in [2.05, 4.69) is 15.5 Å².